The molecule has 2 nitrogen and oxygen atoms in total. The Morgan fingerprint density at radius 2 is 2.09 bits per heavy atom. The van der Waals surface area contributed by atoms with Crippen molar-refractivity contribution in [2.45, 2.75) is 19.8 Å². The number of thiol groups is 1. The monoisotopic (exact) mass is 194 g/mol. The van der Waals surface area contributed by atoms with Gasteiger partial charge in [-0.1, -0.05) is 26.0 Å². The Hall–Kier alpha value is 0.200. The summed E-state index contributed by atoms with van der Waals surface area (Å²) < 4.78 is 10.4. The number of hydrogen-bond acceptors (Lipinski definition) is 3. The fourth-order valence-electron chi connectivity index (χ4n) is 0.536. The van der Waals surface area contributed by atoms with E-state index in [-0.39, 0.29) is 4.38 Å². The van der Waals surface area contributed by atoms with E-state index >= 15 is 0 Å². The third-order valence-corrected chi connectivity index (χ3v) is 1.34. The fourth-order valence-corrected chi connectivity index (χ4v) is 0.711. The lowest BCUT2D eigenvalue weighted by molar-refractivity contribution is 0.0971. The van der Waals surface area contributed by atoms with Gasteiger partial charge in [-0.25, -0.2) is 0 Å². The van der Waals surface area contributed by atoms with E-state index < -0.39 is 0 Å². The molecule has 0 aliphatic heterocycles. The van der Waals surface area contributed by atoms with E-state index in [1.54, 1.807) is 0 Å². The number of thiocarbonyl (C=S) groups is 1. The summed E-state index contributed by atoms with van der Waals surface area (Å²) in [7, 11) is 0. The third kappa shape index (κ3) is 10.2. The molecule has 11 heavy (non-hydrogen) atoms. The SMILES string of the molecule is CCCCOCCOC(=S)S. The van der Waals surface area contributed by atoms with Crippen molar-refractivity contribution in [3.8, 4) is 0 Å². The minimum atomic E-state index is 0.282. The molecule has 0 aliphatic carbocycles. The summed E-state index contributed by atoms with van der Waals surface area (Å²) in [6, 6.07) is 0. The summed E-state index contributed by atoms with van der Waals surface area (Å²) in [4.78, 5) is 0. The van der Waals surface area contributed by atoms with Gasteiger partial charge in [-0.2, -0.15) is 0 Å². The number of unbranched alkanes of at least 4 members (excludes halogenated alkanes) is 1. The van der Waals surface area contributed by atoms with Gasteiger partial charge in [0.15, 0.2) is 0 Å². The first-order valence-corrected chi connectivity index (χ1v) is 4.56. The second-order valence-corrected chi connectivity index (χ2v) is 3.16. The maximum atomic E-state index is 5.21. The first-order valence-electron chi connectivity index (χ1n) is 3.70. The highest BCUT2D eigenvalue weighted by Crippen LogP contribution is 1.90. The van der Waals surface area contributed by atoms with Crippen molar-refractivity contribution in [1.82, 2.24) is 0 Å². The average molecular weight is 194 g/mol. The van der Waals surface area contributed by atoms with E-state index in [9.17, 15) is 0 Å². The van der Waals surface area contributed by atoms with Gasteiger partial charge in [0, 0.05) is 6.61 Å². The van der Waals surface area contributed by atoms with Crippen LogP contribution in [0.2, 0.25) is 0 Å². The fraction of sp³-hybridized carbons (Fsp3) is 0.857. The molecule has 0 atom stereocenters. The molecule has 66 valence electrons. The predicted molar refractivity (Wildman–Crippen MR) is 53.3 cm³/mol. The van der Waals surface area contributed by atoms with E-state index in [1.165, 1.54) is 0 Å². The Balaban J connectivity index is 2.85. The van der Waals surface area contributed by atoms with Gasteiger partial charge in [0.1, 0.15) is 6.61 Å². The van der Waals surface area contributed by atoms with Crippen LogP contribution in [-0.4, -0.2) is 24.2 Å². The predicted octanol–water partition coefficient (Wildman–Crippen LogP) is 2.03. The van der Waals surface area contributed by atoms with Gasteiger partial charge in [0.25, 0.3) is 0 Å². The molecule has 0 aromatic heterocycles. The van der Waals surface area contributed by atoms with E-state index in [0.29, 0.717) is 13.2 Å². The zero-order valence-corrected chi connectivity index (χ0v) is 8.42. The maximum absolute atomic E-state index is 5.21. The van der Waals surface area contributed by atoms with Gasteiger partial charge in [-0.15, -0.1) is 0 Å². The quantitative estimate of drug-likeness (QED) is 0.396. The molecule has 0 radical (unpaired) electrons. The van der Waals surface area contributed by atoms with E-state index in [2.05, 4.69) is 31.8 Å². The van der Waals surface area contributed by atoms with Crippen molar-refractivity contribution in [2.24, 2.45) is 0 Å². The molecule has 0 bridgehead atoms. The summed E-state index contributed by atoms with van der Waals surface area (Å²) >= 11 is 8.38. The molecule has 0 spiro atoms. The van der Waals surface area contributed by atoms with Crippen molar-refractivity contribution in [2.75, 3.05) is 19.8 Å². The summed E-state index contributed by atoms with van der Waals surface area (Å²) in [6.07, 6.45) is 2.26. The molecule has 4 heteroatoms. The first kappa shape index (κ1) is 11.2. The molecule has 0 N–H and O–H groups in total. The molecule has 0 heterocycles. The van der Waals surface area contributed by atoms with Gasteiger partial charge >= 0.3 is 0 Å². The highest BCUT2D eigenvalue weighted by molar-refractivity contribution is 8.10. The molecule has 0 saturated carbocycles. The normalized spacial score (nSPS) is 9.64. The van der Waals surface area contributed by atoms with Gasteiger partial charge in [-0.05, 0) is 18.6 Å². The Kier molecular flexibility index (Phi) is 8.45. The Morgan fingerprint density at radius 3 is 2.64 bits per heavy atom. The molecular weight excluding hydrogens is 180 g/mol. The van der Waals surface area contributed by atoms with Crippen LogP contribution >= 0.6 is 24.8 Å². The van der Waals surface area contributed by atoms with Crippen LogP contribution in [0.15, 0.2) is 0 Å². The molecule has 0 saturated heterocycles. The van der Waals surface area contributed by atoms with Gasteiger partial charge in [-0.3, -0.25) is 0 Å². The van der Waals surface area contributed by atoms with Crippen molar-refractivity contribution >= 4 is 29.2 Å². The Labute approximate surface area is 78.7 Å². The molecule has 0 fully saturated rings. The van der Waals surface area contributed by atoms with Crippen LogP contribution < -0.4 is 0 Å². The second kappa shape index (κ2) is 8.30. The lowest BCUT2D eigenvalue weighted by Crippen LogP contribution is -2.05. The molecular formula is C7H14O2S2. The van der Waals surface area contributed by atoms with Crippen LogP contribution in [0.25, 0.3) is 0 Å². The summed E-state index contributed by atoms with van der Waals surface area (Å²) in [5, 5.41) is 0. The minimum absolute atomic E-state index is 0.282. The van der Waals surface area contributed by atoms with Crippen molar-refractivity contribution in [3.63, 3.8) is 0 Å². The van der Waals surface area contributed by atoms with Crippen LogP contribution in [0.5, 0.6) is 0 Å². The largest absolute Gasteiger partial charge is 0.476 e. The highest BCUT2D eigenvalue weighted by atomic mass is 32.1. The first-order chi connectivity index (χ1) is 5.27. The molecule has 0 aromatic rings. The molecule has 0 rings (SSSR count). The van der Waals surface area contributed by atoms with Crippen LogP contribution in [0.1, 0.15) is 19.8 Å². The van der Waals surface area contributed by atoms with Crippen molar-refractivity contribution < 1.29 is 9.47 Å². The van der Waals surface area contributed by atoms with Gasteiger partial charge in [0.2, 0.25) is 4.38 Å². The van der Waals surface area contributed by atoms with Gasteiger partial charge < -0.3 is 9.47 Å². The molecule has 0 amide bonds. The lowest BCUT2D eigenvalue weighted by Gasteiger charge is -2.03. The van der Waals surface area contributed by atoms with Crippen molar-refractivity contribution in [3.05, 3.63) is 0 Å². The summed E-state index contributed by atoms with van der Waals surface area (Å²) in [5.74, 6) is 0. The lowest BCUT2D eigenvalue weighted by atomic mass is 10.4. The molecule has 0 aromatic carbocycles. The van der Waals surface area contributed by atoms with E-state index in [0.717, 1.165) is 19.4 Å². The Morgan fingerprint density at radius 1 is 1.36 bits per heavy atom. The minimum Gasteiger partial charge on any atom is -0.476 e. The van der Waals surface area contributed by atoms with Crippen LogP contribution in [0.4, 0.5) is 0 Å². The Bertz CT molecular complexity index is 107. The highest BCUT2D eigenvalue weighted by Gasteiger charge is 1.89. The average Bonchev–Trinajstić information content (AvgIpc) is 1.96. The van der Waals surface area contributed by atoms with E-state index in [4.69, 9.17) is 9.47 Å². The van der Waals surface area contributed by atoms with E-state index in [1.807, 2.05) is 0 Å². The topological polar surface area (TPSA) is 18.5 Å². The zero-order valence-electron chi connectivity index (χ0n) is 6.71. The maximum Gasteiger partial charge on any atom is 0.216 e. The number of rotatable bonds is 6. The summed E-state index contributed by atoms with van der Waals surface area (Å²) in [6.45, 7) is 4.04. The molecule has 0 aliphatic rings. The van der Waals surface area contributed by atoms with Crippen LogP contribution in [-0.2, 0) is 9.47 Å². The standard InChI is InChI=1S/C7H14O2S2/c1-2-3-4-8-5-6-9-7(10)11/h2-6H2,1H3,(H,10,11). The van der Waals surface area contributed by atoms with Gasteiger partial charge in [0.05, 0.1) is 6.61 Å². The summed E-state index contributed by atoms with van der Waals surface area (Å²) in [5.41, 5.74) is 0. The number of ether oxygens (including phenoxy) is 2. The zero-order chi connectivity index (χ0) is 8.53. The second-order valence-electron chi connectivity index (χ2n) is 2.08. The molecule has 0 unspecified atom stereocenters. The van der Waals surface area contributed by atoms with Crippen LogP contribution in [0, 0.1) is 0 Å². The van der Waals surface area contributed by atoms with Crippen molar-refractivity contribution in [1.29, 1.82) is 0 Å². The third-order valence-electron chi connectivity index (χ3n) is 1.10. The smallest absolute Gasteiger partial charge is 0.216 e. The van der Waals surface area contributed by atoms with Crippen LogP contribution in [0.3, 0.4) is 0 Å². The number of hydrogen-bond donors (Lipinski definition) is 1.